The maximum absolute atomic E-state index is 13.8. The number of nitrogens with one attached hydrogen (secondary N) is 2. The van der Waals surface area contributed by atoms with Gasteiger partial charge in [0.25, 0.3) is 0 Å². The number of halogens is 1. The van der Waals surface area contributed by atoms with Gasteiger partial charge in [0, 0.05) is 25.8 Å². The van der Waals surface area contributed by atoms with Crippen molar-refractivity contribution in [2.24, 2.45) is 16.8 Å². The van der Waals surface area contributed by atoms with E-state index in [0.29, 0.717) is 25.4 Å². The van der Waals surface area contributed by atoms with Gasteiger partial charge in [-0.05, 0) is 51.2 Å². The number of hydrogen-bond acceptors (Lipinski definition) is 4. The van der Waals surface area contributed by atoms with E-state index in [-0.39, 0.29) is 11.7 Å². The Bertz CT molecular complexity index is 695. The molecule has 2 N–H and O–H groups in total. The lowest BCUT2D eigenvalue weighted by molar-refractivity contribution is -0.116. The Kier molecular flexibility index (Phi) is 8.21. The molecule has 146 valence electrons. The molecule has 1 amide bonds. The van der Waals surface area contributed by atoms with Gasteiger partial charge in [-0.15, -0.1) is 0 Å². The first-order valence-corrected chi connectivity index (χ1v) is 9.35. The molecular formula is C20H27FN4O2. The van der Waals surface area contributed by atoms with E-state index in [9.17, 15) is 14.4 Å². The number of carbonyl (C=O) groups excluding carboxylic acids is 1. The molecule has 1 aromatic rings. The number of amidine groups is 1. The number of nitriles is 1. The number of amides is 1. The van der Waals surface area contributed by atoms with Crippen LogP contribution in [-0.2, 0) is 9.53 Å². The second kappa shape index (κ2) is 10.6. The van der Waals surface area contributed by atoms with Crippen LogP contribution >= 0.6 is 0 Å². The summed E-state index contributed by atoms with van der Waals surface area (Å²) in [6.07, 6.45) is 3.21. The summed E-state index contributed by atoms with van der Waals surface area (Å²) < 4.78 is 19.3. The normalized spacial score (nSPS) is 15.3. The average molecular weight is 374 g/mol. The summed E-state index contributed by atoms with van der Waals surface area (Å²) in [5, 5.41) is 15.0. The van der Waals surface area contributed by atoms with Gasteiger partial charge in [-0.1, -0.05) is 12.1 Å². The van der Waals surface area contributed by atoms with Crippen LogP contribution in [0.15, 0.2) is 29.3 Å². The molecule has 6 nitrogen and oxygen atoms in total. The molecule has 0 aliphatic heterocycles. The van der Waals surface area contributed by atoms with E-state index in [1.54, 1.807) is 6.07 Å². The predicted octanol–water partition coefficient (Wildman–Crippen LogP) is 3.12. The van der Waals surface area contributed by atoms with Crippen molar-refractivity contribution in [3.05, 3.63) is 30.1 Å². The van der Waals surface area contributed by atoms with Gasteiger partial charge >= 0.3 is 0 Å². The van der Waals surface area contributed by atoms with Gasteiger partial charge in [0.15, 0.2) is 5.92 Å². The SMILES string of the molecule is CC(C)NC(=NCCCOCC1CC1)C(C#N)C(=O)Nc1ccccc1F. The highest BCUT2D eigenvalue weighted by molar-refractivity contribution is 6.10. The molecule has 2 rings (SSSR count). The Morgan fingerprint density at radius 1 is 1.41 bits per heavy atom. The zero-order chi connectivity index (χ0) is 19.6. The van der Waals surface area contributed by atoms with Gasteiger partial charge in [0.05, 0.1) is 11.8 Å². The fourth-order valence-corrected chi connectivity index (χ4v) is 2.43. The first kappa shape index (κ1) is 20.8. The fraction of sp³-hybridized carbons (Fsp3) is 0.550. The quantitative estimate of drug-likeness (QED) is 0.374. The van der Waals surface area contributed by atoms with Gasteiger partial charge in [0.2, 0.25) is 5.91 Å². The molecule has 0 heterocycles. The first-order valence-electron chi connectivity index (χ1n) is 9.35. The average Bonchev–Trinajstić information content (AvgIpc) is 3.44. The summed E-state index contributed by atoms with van der Waals surface area (Å²) in [6.45, 7) is 5.65. The van der Waals surface area contributed by atoms with Crippen molar-refractivity contribution in [2.45, 2.75) is 39.2 Å². The van der Waals surface area contributed by atoms with Crippen LogP contribution in [0, 0.1) is 29.0 Å². The second-order valence-electron chi connectivity index (χ2n) is 6.97. The van der Waals surface area contributed by atoms with Crippen molar-refractivity contribution >= 4 is 17.4 Å². The minimum atomic E-state index is -1.14. The molecule has 1 saturated carbocycles. The Balaban J connectivity index is 1.95. The highest BCUT2D eigenvalue weighted by Gasteiger charge is 2.25. The zero-order valence-corrected chi connectivity index (χ0v) is 15.9. The van der Waals surface area contributed by atoms with E-state index in [2.05, 4.69) is 15.6 Å². The molecule has 0 radical (unpaired) electrons. The van der Waals surface area contributed by atoms with Crippen LogP contribution in [0.3, 0.4) is 0 Å². The Labute approximate surface area is 159 Å². The predicted molar refractivity (Wildman–Crippen MR) is 103 cm³/mol. The summed E-state index contributed by atoms with van der Waals surface area (Å²) in [6, 6.07) is 7.82. The monoisotopic (exact) mass is 374 g/mol. The van der Waals surface area contributed by atoms with Crippen LogP contribution in [0.5, 0.6) is 0 Å². The van der Waals surface area contributed by atoms with Crippen LogP contribution in [0.4, 0.5) is 10.1 Å². The molecule has 1 fully saturated rings. The van der Waals surface area contributed by atoms with Crippen molar-refractivity contribution < 1.29 is 13.9 Å². The number of para-hydroxylation sites is 1. The Hall–Kier alpha value is -2.46. The molecule has 0 bridgehead atoms. The van der Waals surface area contributed by atoms with Gasteiger partial charge in [-0.25, -0.2) is 4.39 Å². The van der Waals surface area contributed by atoms with E-state index in [1.807, 2.05) is 19.9 Å². The minimum Gasteiger partial charge on any atom is -0.381 e. The number of rotatable bonds is 10. The van der Waals surface area contributed by atoms with Gasteiger partial charge in [-0.2, -0.15) is 5.26 Å². The number of aliphatic imine (C=N–C) groups is 1. The van der Waals surface area contributed by atoms with Crippen molar-refractivity contribution in [3.8, 4) is 6.07 Å². The molecule has 0 saturated heterocycles. The lowest BCUT2D eigenvalue weighted by Crippen LogP contribution is -2.41. The molecule has 1 unspecified atom stereocenters. The number of benzene rings is 1. The third-order valence-corrected chi connectivity index (χ3v) is 4.01. The second-order valence-corrected chi connectivity index (χ2v) is 6.97. The number of carbonyl (C=O) groups is 1. The summed E-state index contributed by atoms with van der Waals surface area (Å²) >= 11 is 0. The maximum atomic E-state index is 13.8. The van der Waals surface area contributed by atoms with Crippen LogP contribution in [0.2, 0.25) is 0 Å². The molecule has 1 aromatic carbocycles. The highest BCUT2D eigenvalue weighted by atomic mass is 19.1. The van der Waals surface area contributed by atoms with Crippen molar-refractivity contribution in [3.63, 3.8) is 0 Å². The zero-order valence-electron chi connectivity index (χ0n) is 15.9. The third kappa shape index (κ3) is 7.35. The van der Waals surface area contributed by atoms with E-state index in [0.717, 1.165) is 12.5 Å². The van der Waals surface area contributed by atoms with Crippen LogP contribution in [0.1, 0.15) is 33.1 Å². The van der Waals surface area contributed by atoms with Crippen LogP contribution < -0.4 is 10.6 Å². The summed E-state index contributed by atoms with van der Waals surface area (Å²) in [7, 11) is 0. The van der Waals surface area contributed by atoms with E-state index in [1.165, 1.54) is 31.0 Å². The highest BCUT2D eigenvalue weighted by Crippen LogP contribution is 2.28. The lowest BCUT2D eigenvalue weighted by Gasteiger charge is -2.18. The minimum absolute atomic E-state index is 0.00646. The molecule has 27 heavy (non-hydrogen) atoms. The molecule has 0 spiro atoms. The molecule has 1 aliphatic carbocycles. The standard InChI is InChI=1S/C20H27FN4O2/c1-14(2)24-19(23-10-5-11-27-13-15-8-9-15)16(12-22)20(26)25-18-7-4-3-6-17(18)21/h3-4,6-7,14-16H,5,8-11,13H2,1-2H3,(H,23,24)(H,25,26). The third-order valence-electron chi connectivity index (χ3n) is 4.01. The van der Waals surface area contributed by atoms with E-state index < -0.39 is 17.6 Å². The lowest BCUT2D eigenvalue weighted by atomic mass is 10.1. The van der Waals surface area contributed by atoms with E-state index >= 15 is 0 Å². The molecule has 1 atom stereocenters. The number of ether oxygens (including phenoxy) is 1. The molecule has 0 aromatic heterocycles. The number of anilines is 1. The summed E-state index contributed by atoms with van der Waals surface area (Å²) in [5.74, 6) is -1.29. The maximum Gasteiger partial charge on any atom is 0.249 e. The van der Waals surface area contributed by atoms with Crippen LogP contribution in [0.25, 0.3) is 0 Å². The first-order chi connectivity index (χ1) is 13.0. The van der Waals surface area contributed by atoms with Gasteiger partial charge in [0.1, 0.15) is 11.7 Å². The molecular weight excluding hydrogens is 347 g/mol. The Morgan fingerprint density at radius 3 is 2.78 bits per heavy atom. The summed E-state index contributed by atoms with van der Waals surface area (Å²) in [5.41, 5.74) is 0.0418. The molecule has 1 aliphatic rings. The van der Waals surface area contributed by atoms with Crippen molar-refractivity contribution in [2.75, 3.05) is 25.1 Å². The Morgan fingerprint density at radius 2 is 2.15 bits per heavy atom. The number of nitrogens with zero attached hydrogens (tertiary/aromatic N) is 2. The van der Waals surface area contributed by atoms with Gasteiger partial charge in [-0.3, -0.25) is 9.79 Å². The summed E-state index contributed by atoms with van der Waals surface area (Å²) in [4.78, 5) is 16.9. The van der Waals surface area contributed by atoms with Crippen LogP contribution in [-0.4, -0.2) is 37.5 Å². The van der Waals surface area contributed by atoms with E-state index in [4.69, 9.17) is 4.74 Å². The smallest absolute Gasteiger partial charge is 0.249 e. The topological polar surface area (TPSA) is 86.5 Å². The molecule has 7 heteroatoms. The fourth-order valence-electron chi connectivity index (χ4n) is 2.43. The largest absolute Gasteiger partial charge is 0.381 e. The van der Waals surface area contributed by atoms with Crippen molar-refractivity contribution in [1.82, 2.24) is 5.32 Å². The van der Waals surface area contributed by atoms with Gasteiger partial charge < -0.3 is 15.4 Å². The number of hydrogen-bond donors (Lipinski definition) is 2. The van der Waals surface area contributed by atoms with Crippen molar-refractivity contribution in [1.29, 1.82) is 5.26 Å².